The van der Waals surface area contributed by atoms with Gasteiger partial charge in [0, 0.05) is 17.7 Å². The molecular formula is C16H16FNO. The minimum Gasteiger partial charge on any atom is -0.488 e. The van der Waals surface area contributed by atoms with E-state index in [1.165, 1.54) is 11.6 Å². The molecule has 0 saturated heterocycles. The predicted molar refractivity (Wildman–Crippen MR) is 74.2 cm³/mol. The van der Waals surface area contributed by atoms with Crippen LogP contribution in [-0.4, -0.2) is 12.6 Å². The molecule has 2 nitrogen and oxygen atoms in total. The molecule has 2 aromatic rings. The van der Waals surface area contributed by atoms with Gasteiger partial charge in [-0.15, -0.1) is 0 Å². The molecule has 0 radical (unpaired) electrons. The van der Waals surface area contributed by atoms with Gasteiger partial charge in [0.25, 0.3) is 0 Å². The summed E-state index contributed by atoms with van der Waals surface area (Å²) in [6, 6.07) is 12.9. The molecule has 3 heteroatoms. The van der Waals surface area contributed by atoms with E-state index in [2.05, 4.69) is 36.5 Å². The summed E-state index contributed by atoms with van der Waals surface area (Å²) in [4.78, 5) is 0. The number of anilines is 1. The van der Waals surface area contributed by atoms with Gasteiger partial charge in [0.15, 0.2) is 0 Å². The molecule has 0 aliphatic carbocycles. The van der Waals surface area contributed by atoms with Crippen molar-refractivity contribution in [1.29, 1.82) is 0 Å². The zero-order valence-corrected chi connectivity index (χ0v) is 10.8. The van der Waals surface area contributed by atoms with Crippen molar-refractivity contribution < 1.29 is 9.13 Å². The monoisotopic (exact) mass is 257 g/mol. The highest BCUT2D eigenvalue weighted by Gasteiger charge is 2.22. The Labute approximate surface area is 112 Å². The molecule has 1 unspecified atom stereocenters. The zero-order valence-electron chi connectivity index (χ0n) is 10.8. The first-order valence-corrected chi connectivity index (χ1v) is 6.46. The second-order valence-electron chi connectivity index (χ2n) is 4.94. The van der Waals surface area contributed by atoms with Crippen LogP contribution in [0.15, 0.2) is 42.5 Å². The summed E-state index contributed by atoms with van der Waals surface area (Å²) in [5.41, 5.74) is 3.28. The van der Waals surface area contributed by atoms with Crippen LogP contribution in [0, 0.1) is 12.7 Å². The number of hydrogen-bond acceptors (Lipinski definition) is 2. The van der Waals surface area contributed by atoms with E-state index in [9.17, 15) is 4.39 Å². The molecule has 0 amide bonds. The largest absolute Gasteiger partial charge is 0.488 e. The fraction of sp³-hybridized carbons (Fsp3) is 0.250. The second-order valence-corrected chi connectivity index (χ2v) is 4.94. The molecule has 3 rings (SSSR count). The quantitative estimate of drug-likeness (QED) is 0.908. The Morgan fingerprint density at radius 1 is 1.21 bits per heavy atom. The van der Waals surface area contributed by atoms with E-state index in [-0.39, 0.29) is 11.9 Å². The van der Waals surface area contributed by atoms with E-state index in [1.54, 1.807) is 12.1 Å². The number of aryl methyl sites for hydroxylation is 1. The van der Waals surface area contributed by atoms with Crippen molar-refractivity contribution in [3.8, 4) is 5.75 Å². The first-order valence-electron chi connectivity index (χ1n) is 6.46. The Balaban J connectivity index is 1.60. The molecule has 0 bridgehead atoms. The third-order valence-corrected chi connectivity index (χ3v) is 3.35. The molecule has 0 aromatic heterocycles. The van der Waals surface area contributed by atoms with Crippen LogP contribution >= 0.6 is 0 Å². The highest BCUT2D eigenvalue weighted by molar-refractivity contribution is 5.45. The van der Waals surface area contributed by atoms with Gasteiger partial charge in [0.2, 0.25) is 0 Å². The maximum absolute atomic E-state index is 13.1. The molecule has 0 spiro atoms. The van der Waals surface area contributed by atoms with Crippen molar-refractivity contribution in [3.63, 3.8) is 0 Å². The van der Waals surface area contributed by atoms with Gasteiger partial charge >= 0.3 is 0 Å². The second kappa shape index (κ2) is 4.92. The molecule has 1 heterocycles. The SMILES string of the molecule is Cc1ccc(NCC2Cc3cc(F)ccc3O2)cc1. The first kappa shape index (κ1) is 12.0. The minimum absolute atomic E-state index is 0.0677. The van der Waals surface area contributed by atoms with Gasteiger partial charge in [0.1, 0.15) is 17.7 Å². The summed E-state index contributed by atoms with van der Waals surface area (Å²) in [7, 11) is 0. The van der Waals surface area contributed by atoms with E-state index in [1.807, 2.05) is 0 Å². The summed E-state index contributed by atoms with van der Waals surface area (Å²) in [5.74, 6) is 0.603. The van der Waals surface area contributed by atoms with E-state index in [4.69, 9.17) is 4.74 Å². The van der Waals surface area contributed by atoms with Gasteiger partial charge in [-0.3, -0.25) is 0 Å². The molecule has 1 atom stereocenters. The van der Waals surface area contributed by atoms with E-state index in [0.717, 1.165) is 30.0 Å². The fourth-order valence-electron chi connectivity index (χ4n) is 2.31. The standard InChI is InChI=1S/C16H16FNO/c1-11-2-5-14(6-3-11)18-10-15-9-12-8-13(17)4-7-16(12)19-15/h2-8,15,18H,9-10H2,1H3. The minimum atomic E-state index is -0.200. The lowest BCUT2D eigenvalue weighted by Crippen LogP contribution is -2.23. The van der Waals surface area contributed by atoms with E-state index < -0.39 is 0 Å². The van der Waals surface area contributed by atoms with Gasteiger partial charge in [0.05, 0.1) is 6.54 Å². The van der Waals surface area contributed by atoms with Gasteiger partial charge in [-0.05, 0) is 37.3 Å². The highest BCUT2D eigenvalue weighted by atomic mass is 19.1. The summed E-state index contributed by atoms with van der Waals surface area (Å²) < 4.78 is 18.9. The van der Waals surface area contributed by atoms with Crippen LogP contribution in [0.3, 0.4) is 0 Å². The Bertz CT molecular complexity index is 580. The number of rotatable bonds is 3. The van der Waals surface area contributed by atoms with Gasteiger partial charge in [-0.2, -0.15) is 0 Å². The number of hydrogen-bond donors (Lipinski definition) is 1. The molecule has 1 N–H and O–H groups in total. The van der Waals surface area contributed by atoms with Crippen molar-refractivity contribution in [3.05, 3.63) is 59.4 Å². The van der Waals surface area contributed by atoms with Crippen LogP contribution in [0.25, 0.3) is 0 Å². The van der Waals surface area contributed by atoms with Crippen LogP contribution in [0.1, 0.15) is 11.1 Å². The molecule has 2 aromatic carbocycles. The van der Waals surface area contributed by atoms with Crippen LogP contribution in [-0.2, 0) is 6.42 Å². The summed E-state index contributed by atoms with van der Waals surface area (Å²) in [6.07, 6.45) is 0.824. The van der Waals surface area contributed by atoms with Crippen molar-refractivity contribution in [2.75, 3.05) is 11.9 Å². The first-order chi connectivity index (χ1) is 9.20. The third kappa shape index (κ3) is 2.70. The van der Waals surface area contributed by atoms with Gasteiger partial charge in [-0.1, -0.05) is 17.7 Å². The van der Waals surface area contributed by atoms with Crippen molar-refractivity contribution in [2.45, 2.75) is 19.4 Å². The molecule has 19 heavy (non-hydrogen) atoms. The number of fused-ring (bicyclic) bond motifs is 1. The fourth-order valence-corrected chi connectivity index (χ4v) is 2.31. The Hall–Kier alpha value is -2.03. The number of benzene rings is 2. The lowest BCUT2D eigenvalue weighted by atomic mass is 10.1. The average Bonchev–Trinajstić information content (AvgIpc) is 2.80. The lowest BCUT2D eigenvalue weighted by Gasteiger charge is -2.13. The Kier molecular flexibility index (Phi) is 3.11. The number of nitrogens with one attached hydrogen (secondary N) is 1. The van der Waals surface area contributed by atoms with Crippen LogP contribution in [0.4, 0.5) is 10.1 Å². The van der Waals surface area contributed by atoms with Gasteiger partial charge < -0.3 is 10.1 Å². The number of halogens is 1. The molecule has 0 fully saturated rings. The molecule has 98 valence electrons. The lowest BCUT2D eigenvalue weighted by molar-refractivity contribution is 0.246. The number of ether oxygens (including phenoxy) is 1. The van der Waals surface area contributed by atoms with E-state index in [0.29, 0.717) is 0 Å². The molecule has 0 saturated carbocycles. The molecule has 1 aliphatic heterocycles. The maximum atomic E-state index is 13.1. The maximum Gasteiger partial charge on any atom is 0.123 e. The Morgan fingerprint density at radius 2 is 2.00 bits per heavy atom. The van der Waals surface area contributed by atoms with Crippen molar-refractivity contribution in [1.82, 2.24) is 0 Å². The Morgan fingerprint density at radius 3 is 2.79 bits per heavy atom. The molecular weight excluding hydrogens is 241 g/mol. The predicted octanol–water partition coefficient (Wildman–Crippen LogP) is 3.55. The highest BCUT2D eigenvalue weighted by Crippen LogP contribution is 2.29. The summed E-state index contributed by atoms with van der Waals surface area (Å²) in [6.45, 7) is 2.79. The van der Waals surface area contributed by atoms with Crippen LogP contribution in [0.5, 0.6) is 5.75 Å². The van der Waals surface area contributed by atoms with Crippen LogP contribution < -0.4 is 10.1 Å². The van der Waals surface area contributed by atoms with Crippen molar-refractivity contribution >= 4 is 5.69 Å². The summed E-state index contributed by atoms with van der Waals surface area (Å²) in [5, 5.41) is 3.34. The van der Waals surface area contributed by atoms with Crippen molar-refractivity contribution in [2.24, 2.45) is 0 Å². The zero-order chi connectivity index (χ0) is 13.2. The topological polar surface area (TPSA) is 21.3 Å². The smallest absolute Gasteiger partial charge is 0.123 e. The van der Waals surface area contributed by atoms with E-state index >= 15 is 0 Å². The summed E-state index contributed by atoms with van der Waals surface area (Å²) >= 11 is 0. The normalized spacial score (nSPS) is 16.8. The third-order valence-electron chi connectivity index (χ3n) is 3.35. The average molecular weight is 257 g/mol. The van der Waals surface area contributed by atoms with Gasteiger partial charge in [-0.25, -0.2) is 4.39 Å². The molecule has 1 aliphatic rings. The van der Waals surface area contributed by atoms with Crippen LogP contribution in [0.2, 0.25) is 0 Å².